The zero-order chi connectivity index (χ0) is 13.1. The van der Waals surface area contributed by atoms with Crippen molar-refractivity contribution in [1.29, 1.82) is 0 Å². The number of anilines is 1. The highest BCUT2D eigenvalue weighted by molar-refractivity contribution is 5.49. The summed E-state index contributed by atoms with van der Waals surface area (Å²) in [4.78, 5) is 8.14. The van der Waals surface area contributed by atoms with Crippen LogP contribution >= 0.6 is 0 Å². The first-order chi connectivity index (χ1) is 8.65. The topological polar surface area (TPSA) is 63.8 Å². The van der Waals surface area contributed by atoms with Gasteiger partial charge in [0.15, 0.2) is 0 Å². The van der Waals surface area contributed by atoms with Gasteiger partial charge >= 0.3 is 0 Å². The Morgan fingerprint density at radius 1 is 1.28 bits per heavy atom. The van der Waals surface area contributed by atoms with Crippen molar-refractivity contribution in [2.24, 2.45) is 0 Å². The van der Waals surface area contributed by atoms with Crippen molar-refractivity contribution >= 4 is 5.82 Å². The molecule has 94 valence electrons. The number of nitrogen functional groups attached to an aromatic ring is 1. The first kappa shape index (κ1) is 12.4. The van der Waals surface area contributed by atoms with Crippen molar-refractivity contribution in [1.82, 2.24) is 15.3 Å². The number of nitrogens with zero attached hydrogens (tertiary/aromatic N) is 2. The third-order valence-electron chi connectivity index (χ3n) is 2.88. The van der Waals surface area contributed by atoms with Crippen LogP contribution in [0.3, 0.4) is 0 Å². The maximum atomic E-state index is 13.8. The Kier molecular flexibility index (Phi) is 3.53. The quantitative estimate of drug-likeness (QED) is 0.867. The lowest BCUT2D eigenvalue weighted by Crippen LogP contribution is -2.22. The Bertz CT molecular complexity index is 536. The molecule has 0 aliphatic carbocycles. The number of nitrogens with two attached hydrogens (primary N) is 1. The molecule has 0 aliphatic heterocycles. The molecule has 1 atom stereocenters. The number of hydrogen-bond donors (Lipinski definition) is 2. The smallest absolute Gasteiger partial charge is 0.146 e. The zero-order valence-electron chi connectivity index (χ0n) is 10.3. The Hall–Kier alpha value is -2.01. The van der Waals surface area contributed by atoms with Crippen molar-refractivity contribution in [2.45, 2.75) is 13.0 Å². The van der Waals surface area contributed by atoms with Gasteiger partial charge in [0.25, 0.3) is 0 Å². The molecule has 5 heteroatoms. The largest absolute Gasteiger partial charge is 0.383 e. The van der Waals surface area contributed by atoms with E-state index in [1.54, 1.807) is 25.5 Å². The van der Waals surface area contributed by atoms with Crippen molar-refractivity contribution in [2.75, 3.05) is 12.8 Å². The van der Waals surface area contributed by atoms with E-state index in [9.17, 15) is 4.39 Å². The van der Waals surface area contributed by atoms with Gasteiger partial charge in [-0.2, -0.15) is 0 Å². The van der Waals surface area contributed by atoms with Crippen LogP contribution < -0.4 is 11.1 Å². The van der Waals surface area contributed by atoms with Crippen LogP contribution in [0.15, 0.2) is 30.6 Å². The molecule has 0 spiro atoms. The number of aromatic nitrogens is 2. The second-order valence-electron chi connectivity index (χ2n) is 4.02. The molecule has 3 N–H and O–H groups in total. The molecule has 2 rings (SSSR count). The number of aryl methyl sites for hydroxylation is 1. The first-order valence-electron chi connectivity index (χ1n) is 5.63. The van der Waals surface area contributed by atoms with E-state index < -0.39 is 6.04 Å². The lowest BCUT2D eigenvalue weighted by Gasteiger charge is -2.19. The van der Waals surface area contributed by atoms with Crippen molar-refractivity contribution in [3.05, 3.63) is 53.2 Å². The fourth-order valence-electron chi connectivity index (χ4n) is 1.99. The summed E-state index contributed by atoms with van der Waals surface area (Å²) in [5.74, 6) is 0.0268. The van der Waals surface area contributed by atoms with Crippen LogP contribution in [0.5, 0.6) is 0 Å². The van der Waals surface area contributed by atoms with E-state index in [1.807, 2.05) is 13.0 Å². The van der Waals surface area contributed by atoms with Gasteiger partial charge in [0.1, 0.15) is 11.6 Å². The number of pyridine rings is 2. The molecule has 2 aromatic rings. The summed E-state index contributed by atoms with van der Waals surface area (Å²) in [6, 6.07) is 4.39. The van der Waals surface area contributed by atoms with E-state index in [-0.39, 0.29) is 5.82 Å². The number of nitrogens with one attached hydrogen (secondary N) is 1. The maximum Gasteiger partial charge on any atom is 0.146 e. The molecule has 2 heterocycles. The summed E-state index contributed by atoms with van der Waals surface area (Å²) in [5, 5.41) is 3.03. The Balaban J connectivity index is 2.56. The van der Waals surface area contributed by atoms with Gasteiger partial charge in [0.2, 0.25) is 0 Å². The molecule has 0 saturated carbocycles. The Morgan fingerprint density at radius 3 is 2.67 bits per heavy atom. The number of halogens is 1. The predicted molar refractivity (Wildman–Crippen MR) is 68.5 cm³/mol. The van der Waals surface area contributed by atoms with Gasteiger partial charge in [-0.15, -0.1) is 0 Å². The van der Waals surface area contributed by atoms with Crippen LogP contribution in [0.1, 0.15) is 22.9 Å². The molecule has 0 fully saturated rings. The van der Waals surface area contributed by atoms with Gasteiger partial charge in [-0.25, -0.2) is 9.37 Å². The minimum Gasteiger partial charge on any atom is -0.383 e. The Labute approximate surface area is 105 Å². The predicted octanol–water partition coefficient (Wildman–Crippen LogP) is 1.82. The molecule has 0 aromatic carbocycles. The standard InChI is InChI=1S/C13H15FN4/c1-8-5-7-18-13(15)10(8)12(16-2)11-9(14)4-3-6-17-11/h3-7,12,16H,1-2H3,(H2,15,18). The second kappa shape index (κ2) is 5.10. The molecular formula is C13H15FN4. The molecule has 2 aromatic heterocycles. The fraction of sp³-hybridized carbons (Fsp3) is 0.231. The Morgan fingerprint density at radius 2 is 2.06 bits per heavy atom. The lowest BCUT2D eigenvalue weighted by molar-refractivity contribution is 0.559. The van der Waals surface area contributed by atoms with Gasteiger partial charge in [-0.1, -0.05) is 0 Å². The van der Waals surface area contributed by atoms with Crippen molar-refractivity contribution in [3.8, 4) is 0 Å². The van der Waals surface area contributed by atoms with Gasteiger partial charge in [0, 0.05) is 18.0 Å². The molecule has 4 nitrogen and oxygen atoms in total. The minimum absolute atomic E-state index is 0.322. The van der Waals surface area contributed by atoms with Crippen molar-refractivity contribution < 1.29 is 4.39 Å². The van der Waals surface area contributed by atoms with E-state index in [0.29, 0.717) is 11.5 Å². The highest BCUT2D eigenvalue weighted by atomic mass is 19.1. The number of rotatable bonds is 3. The molecule has 0 amide bonds. The SMILES string of the molecule is CNC(c1ncccc1F)c1c(C)ccnc1N. The average Bonchev–Trinajstić information content (AvgIpc) is 2.35. The van der Waals surface area contributed by atoms with Gasteiger partial charge in [-0.05, 0) is 37.7 Å². The summed E-state index contributed by atoms with van der Waals surface area (Å²) in [6.45, 7) is 1.92. The highest BCUT2D eigenvalue weighted by Gasteiger charge is 2.21. The summed E-state index contributed by atoms with van der Waals surface area (Å²) in [7, 11) is 1.74. The normalized spacial score (nSPS) is 12.4. The maximum absolute atomic E-state index is 13.8. The molecule has 1 unspecified atom stereocenters. The van der Waals surface area contributed by atoms with Gasteiger partial charge in [0.05, 0.1) is 11.7 Å². The third kappa shape index (κ3) is 2.17. The first-order valence-corrected chi connectivity index (χ1v) is 5.63. The summed E-state index contributed by atoms with van der Waals surface area (Å²) < 4.78 is 13.8. The molecule has 0 bridgehead atoms. The van der Waals surface area contributed by atoms with Crippen LogP contribution in [0, 0.1) is 12.7 Å². The van der Waals surface area contributed by atoms with Crippen LogP contribution in [0.2, 0.25) is 0 Å². The monoisotopic (exact) mass is 246 g/mol. The average molecular weight is 246 g/mol. The van der Waals surface area contributed by atoms with Crippen LogP contribution in [-0.4, -0.2) is 17.0 Å². The van der Waals surface area contributed by atoms with Gasteiger partial charge in [-0.3, -0.25) is 4.98 Å². The van der Waals surface area contributed by atoms with E-state index in [4.69, 9.17) is 5.73 Å². The fourth-order valence-corrected chi connectivity index (χ4v) is 1.99. The molecular weight excluding hydrogens is 231 g/mol. The summed E-state index contributed by atoms with van der Waals surface area (Å²) in [5.41, 5.74) is 7.92. The van der Waals surface area contributed by atoms with Crippen molar-refractivity contribution in [3.63, 3.8) is 0 Å². The lowest BCUT2D eigenvalue weighted by atomic mass is 9.99. The molecule has 0 radical (unpaired) electrons. The molecule has 18 heavy (non-hydrogen) atoms. The van der Waals surface area contributed by atoms with E-state index in [2.05, 4.69) is 15.3 Å². The molecule has 0 aliphatic rings. The summed E-state index contributed by atoms with van der Waals surface area (Å²) >= 11 is 0. The van der Waals surface area contributed by atoms with Crippen LogP contribution in [0.25, 0.3) is 0 Å². The second-order valence-corrected chi connectivity index (χ2v) is 4.02. The molecule has 0 saturated heterocycles. The van der Waals surface area contributed by atoms with Gasteiger partial charge < -0.3 is 11.1 Å². The van der Waals surface area contributed by atoms with Crippen LogP contribution in [0.4, 0.5) is 10.2 Å². The highest BCUT2D eigenvalue weighted by Crippen LogP contribution is 2.28. The van der Waals surface area contributed by atoms with E-state index in [1.165, 1.54) is 6.07 Å². The van der Waals surface area contributed by atoms with Crippen LogP contribution in [-0.2, 0) is 0 Å². The zero-order valence-corrected chi connectivity index (χ0v) is 10.3. The third-order valence-corrected chi connectivity index (χ3v) is 2.88. The summed E-state index contributed by atoms with van der Waals surface area (Å²) in [6.07, 6.45) is 3.19. The number of hydrogen-bond acceptors (Lipinski definition) is 4. The van der Waals surface area contributed by atoms with E-state index >= 15 is 0 Å². The minimum atomic E-state index is -0.403. The van der Waals surface area contributed by atoms with E-state index in [0.717, 1.165) is 11.1 Å².